The van der Waals surface area contributed by atoms with Crippen LogP contribution in [0.3, 0.4) is 0 Å². The van der Waals surface area contributed by atoms with Gasteiger partial charge in [0.25, 0.3) is 5.97 Å². The maximum absolute atomic E-state index is 6.59. The molecule has 3 unspecified atom stereocenters. The van der Waals surface area contributed by atoms with Crippen LogP contribution in [0.2, 0.25) is 0 Å². The second-order valence-electron chi connectivity index (χ2n) is 8.47. The smallest absolute Gasteiger partial charge is 0.256 e. The molecule has 4 rings (SSSR count). The van der Waals surface area contributed by atoms with Crippen molar-refractivity contribution in [1.29, 1.82) is 0 Å². The van der Waals surface area contributed by atoms with Crippen molar-refractivity contribution in [3.05, 3.63) is 42.1 Å². The van der Waals surface area contributed by atoms with Crippen LogP contribution in [0.1, 0.15) is 24.8 Å². The van der Waals surface area contributed by atoms with Crippen molar-refractivity contribution in [2.45, 2.75) is 37.1 Å². The summed E-state index contributed by atoms with van der Waals surface area (Å²) in [5.41, 5.74) is 14.0. The zero-order valence-corrected chi connectivity index (χ0v) is 17.6. The summed E-state index contributed by atoms with van der Waals surface area (Å²) >= 11 is 0. The zero-order chi connectivity index (χ0) is 20.5. The van der Waals surface area contributed by atoms with Gasteiger partial charge in [0.15, 0.2) is 0 Å². The van der Waals surface area contributed by atoms with Crippen LogP contribution in [0.15, 0.2) is 36.5 Å². The molecular formula is C21H35N7O. The van der Waals surface area contributed by atoms with Crippen molar-refractivity contribution in [2.24, 2.45) is 11.5 Å². The topological polar surface area (TPSA) is 95.0 Å². The lowest BCUT2D eigenvalue weighted by atomic mass is 9.97. The van der Waals surface area contributed by atoms with Crippen LogP contribution >= 0.6 is 0 Å². The average molecular weight is 402 g/mol. The molecule has 29 heavy (non-hydrogen) atoms. The third kappa shape index (κ3) is 4.28. The van der Waals surface area contributed by atoms with E-state index in [1.165, 1.54) is 32.1 Å². The first-order valence-electron chi connectivity index (χ1n) is 10.6. The van der Waals surface area contributed by atoms with Crippen molar-refractivity contribution < 1.29 is 4.74 Å². The molecule has 8 heteroatoms. The van der Waals surface area contributed by atoms with Gasteiger partial charge >= 0.3 is 0 Å². The van der Waals surface area contributed by atoms with Gasteiger partial charge in [-0.3, -0.25) is 10.6 Å². The van der Waals surface area contributed by atoms with E-state index in [9.17, 15) is 0 Å². The number of methoxy groups -OCH3 is 1. The van der Waals surface area contributed by atoms with Gasteiger partial charge in [-0.2, -0.15) is 0 Å². The lowest BCUT2D eigenvalue weighted by molar-refractivity contribution is -0.0761. The number of benzene rings is 1. The Hall–Kier alpha value is -1.68. The van der Waals surface area contributed by atoms with E-state index in [-0.39, 0.29) is 0 Å². The fourth-order valence-electron chi connectivity index (χ4n) is 4.60. The minimum atomic E-state index is -1.19. The fraction of sp³-hybridized carbons (Fsp3) is 0.619. The molecule has 0 aromatic heterocycles. The molecule has 2 fully saturated rings. The van der Waals surface area contributed by atoms with E-state index in [1.54, 1.807) is 6.20 Å². The molecule has 1 aromatic rings. The van der Waals surface area contributed by atoms with Crippen LogP contribution in [-0.2, 0) is 10.4 Å². The minimum Gasteiger partial charge on any atom is -0.356 e. The van der Waals surface area contributed by atoms with Crippen LogP contribution in [0.25, 0.3) is 0 Å². The number of nitrogens with two attached hydrogens (primary N) is 2. The summed E-state index contributed by atoms with van der Waals surface area (Å²) in [5, 5.41) is 6.09. The molecular weight excluding hydrogens is 366 g/mol. The molecule has 3 aliphatic rings. The van der Waals surface area contributed by atoms with Gasteiger partial charge in [0, 0.05) is 51.7 Å². The number of hydrogen-bond acceptors (Lipinski definition) is 8. The molecule has 0 radical (unpaired) electrons. The Bertz CT molecular complexity index is 718. The van der Waals surface area contributed by atoms with Crippen molar-refractivity contribution in [3.8, 4) is 0 Å². The van der Waals surface area contributed by atoms with E-state index in [0.717, 1.165) is 38.3 Å². The van der Waals surface area contributed by atoms with E-state index in [0.29, 0.717) is 6.17 Å². The number of piperidine rings is 1. The molecule has 2 saturated heterocycles. The molecule has 160 valence electrons. The molecule has 0 bridgehead atoms. The Morgan fingerprint density at radius 2 is 1.76 bits per heavy atom. The van der Waals surface area contributed by atoms with E-state index in [1.807, 2.05) is 6.08 Å². The first kappa shape index (κ1) is 20.6. The van der Waals surface area contributed by atoms with Crippen molar-refractivity contribution >= 4 is 5.69 Å². The van der Waals surface area contributed by atoms with Gasteiger partial charge in [0.05, 0.1) is 6.17 Å². The highest BCUT2D eigenvalue weighted by Gasteiger charge is 2.38. The molecule has 8 nitrogen and oxygen atoms in total. The predicted molar refractivity (Wildman–Crippen MR) is 116 cm³/mol. The van der Waals surface area contributed by atoms with Gasteiger partial charge in [-0.05, 0) is 50.1 Å². The molecule has 1 aromatic carbocycles. The number of hydrogen-bond donors (Lipinski definition) is 4. The van der Waals surface area contributed by atoms with E-state index in [2.05, 4.69) is 56.6 Å². The second-order valence-corrected chi connectivity index (χ2v) is 8.47. The van der Waals surface area contributed by atoms with Gasteiger partial charge in [-0.15, -0.1) is 0 Å². The van der Waals surface area contributed by atoms with Crippen molar-refractivity contribution in [3.63, 3.8) is 0 Å². The number of piperazine rings is 1. The summed E-state index contributed by atoms with van der Waals surface area (Å²) in [6.45, 7) is 5.66. The SMILES string of the molecule is COC1(N)NC=CC(N)(c2ccc(N3CCCCC3N3CCN(C)CC3)cc2)N1. The van der Waals surface area contributed by atoms with Crippen LogP contribution in [0, 0.1) is 0 Å². The summed E-state index contributed by atoms with van der Waals surface area (Å²) in [6, 6.07) is 8.54. The summed E-state index contributed by atoms with van der Waals surface area (Å²) in [7, 11) is 3.75. The number of anilines is 1. The highest BCUT2D eigenvalue weighted by molar-refractivity contribution is 5.50. The Morgan fingerprint density at radius 3 is 2.45 bits per heavy atom. The number of ether oxygens (including phenoxy) is 1. The third-order valence-electron chi connectivity index (χ3n) is 6.47. The molecule has 0 aliphatic carbocycles. The Labute approximate surface area is 173 Å². The summed E-state index contributed by atoms with van der Waals surface area (Å²) in [6.07, 6.45) is 7.85. The van der Waals surface area contributed by atoms with Gasteiger partial charge in [0.2, 0.25) is 0 Å². The number of nitrogens with one attached hydrogen (secondary N) is 2. The van der Waals surface area contributed by atoms with Crippen molar-refractivity contribution in [1.82, 2.24) is 20.4 Å². The van der Waals surface area contributed by atoms with E-state index >= 15 is 0 Å². The van der Waals surface area contributed by atoms with Gasteiger partial charge in [0.1, 0.15) is 5.66 Å². The monoisotopic (exact) mass is 401 g/mol. The largest absolute Gasteiger partial charge is 0.356 e. The first-order valence-corrected chi connectivity index (χ1v) is 10.6. The summed E-state index contributed by atoms with van der Waals surface area (Å²) < 4.78 is 5.31. The van der Waals surface area contributed by atoms with Crippen LogP contribution < -0.4 is 27.0 Å². The lowest BCUT2D eigenvalue weighted by Gasteiger charge is -2.46. The van der Waals surface area contributed by atoms with Crippen molar-refractivity contribution in [2.75, 3.05) is 51.8 Å². The van der Waals surface area contributed by atoms with Gasteiger partial charge < -0.3 is 25.6 Å². The number of rotatable bonds is 4. The fourth-order valence-corrected chi connectivity index (χ4v) is 4.60. The quantitative estimate of drug-likeness (QED) is 0.535. The molecule has 6 N–H and O–H groups in total. The van der Waals surface area contributed by atoms with E-state index < -0.39 is 11.6 Å². The maximum atomic E-state index is 6.59. The zero-order valence-electron chi connectivity index (χ0n) is 17.6. The standard InChI is InChI=1S/C21H35N7O/c1-26-13-15-27(16-14-26)19-5-3-4-12-28(19)18-8-6-17(7-9-18)20(22)10-11-24-21(23,25-20)29-2/h6-11,19,24-25H,3-5,12-16,22-23H2,1-2H3. The molecule has 0 spiro atoms. The lowest BCUT2D eigenvalue weighted by Crippen LogP contribution is -2.73. The molecule has 3 atom stereocenters. The minimum absolute atomic E-state index is 0.484. The van der Waals surface area contributed by atoms with Crippen LogP contribution in [0.5, 0.6) is 0 Å². The first-order chi connectivity index (χ1) is 13.9. The van der Waals surface area contributed by atoms with Crippen LogP contribution in [-0.4, -0.2) is 68.8 Å². The summed E-state index contributed by atoms with van der Waals surface area (Å²) in [4.78, 5) is 7.63. The molecule has 0 amide bonds. The highest BCUT2D eigenvalue weighted by Crippen LogP contribution is 2.30. The van der Waals surface area contributed by atoms with Gasteiger partial charge in [-0.25, -0.2) is 5.32 Å². The third-order valence-corrected chi connectivity index (χ3v) is 6.47. The average Bonchev–Trinajstić information content (AvgIpc) is 2.74. The second kappa shape index (κ2) is 8.22. The maximum Gasteiger partial charge on any atom is 0.256 e. The Morgan fingerprint density at radius 1 is 1.03 bits per heavy atom. The highest BCUT2D eigenvalue weighted by atomic mass is 16.5. The predicted octanol–water partition coefficient (Wildman–Crippen LogP) is 0.285. The van der Waals surface area contributed by atoms with Crippen LogP contribution in [0.4, 0.5) is 5.69 Å². The molecule has 3 aliphatic heterocycles. The van der Waals surface area contributed by atoms with E-state index in [4.69, 9.17) is 16.2 Å². The van der Waals surface area contributed by atoms with Gasteiger partial charge in [-0.1, -0.05) is 12.1 Å². The molecule has 0 saturated carbocycles. The summed E-state index contributed by atoms with van der Waals surface area (Å²) in [5.74, 6) is -1.19. The Balaban J connectivity index is 1.52. The number of nitrogens with zero attached hydrogens (tertiary/aromatic N) is 3. The number of likely N-dealkylation sites (N-methyl/N-ethyl adjacent to an activating group) is 1. The Kier molecular flexibility index (Phi) is 5.83. The molecule has 3 heterocycles. The normalized spacial score (nSPS) is 34.2.